The lowest BCUT2D eigenvalue weighted by Gasteiger charge is -2.16. The summed E-state index contributed by atoms with van der Waals surface area (Å²) in [5.41, 5.74) is -4.65. The summed E-state index contributed by atoms with van der Waals surface area (Å²) in [5.74, 6) is -3.00. The largest absolute Gasteiger partial charge is 0.507 e. The number of halogens is 6. The van der Waals surface area contributed by atoms with E-state index < -0.39 is 40.6 Å². The number of hydrogen-bond acceptors (Lipinski definition) is 2. The first-order chi connectivity index (χ1) is 7.96. The maximum absolute atomic E-state index is 12.5. The van der Waals surface area contributed by atoms with Gasteiger partial charge in [-0.05, 0) is 19.1 Å². The molecule has 0 aliphatic carbocycles. The fourth-order valence-corrected chi connectivity index (χ4v) is 1.41. The van der Waals surface area contributed by atoms with E-state index in [1.165, 1.54) is 0 Å². The second-order valence-corrected chi connectivity index (χ2v) is 3.44. The van der Waals surface area contributed by atoms with Crippen molar-refractivity contribution in [3.63, 3.8) is 0 Å². The second-order valence-electron chi connectivity index (χ2n) is 3.44. The highest BCUT2D eigenvalue weighted by Crippen LogP contribution is 2.42. The van der Waals surface area contributed by atoms with Crippen molar-refractivity contribution in [1.29, 1.82) is 0 Å². The number of carbonyl (C=O) groups excluding carboxylic acids is 1. The molecular weight excluding hydrogens is 266 g/mol. The number of carbonyl (C=O) groups is 1. The summed E-state index contributed by atoms with van der Waals surface area (Å²) in [4.78, 5) is 11.0. The Hall–Kier alpha value is -1.73. The average Bonchev–Trinajstić information content (AvgIpc) is 2.12. The summed E-state index contributed by atoms with van der Waals surface area (Å²) in [6.45, 7) is 0.643. The first kappa shape index (κ1) is 14.3. The van der Waals surface area contributed by atoms with E-state index in [0.717, 1.165) is 0 Å². The van der Waals surface area contributed by atoms with Crippen LogP contribution < -0.4 is 0 Å². The SMILES string of the molecule is CC(=O)c1c(C(F)(F)F)ccc(C(F)(F)F)c1O. The van der Waals surface area contributed by atoms with Crippen molar-refractivity contribution >= 4 is 5.78 Å². The molecule has 0 spiro atoms. The summed E-state index contributed by atoms with van der Waals surface area (Å²) >= 11 is 0. The van der Waals surface area contributed by atoms with Crippen molar-refractivity contribution in [3.8, 4) is 5.75 Å². The Balaban J connectivity index is 3.64. The maximum Gasteiger partial charge on any atom is 0.419 e. The first-order valence-electron chi connectivity index (χ1n) is 4.47. The molecule has 0 amide bonds. The molecule has 0 saturated carbocycles. The van der Waals surface area contributed by atoms with Crippen LogP contribution in [0.3, 0.4) is 0 Å². The van der Waals surface area contributed by atoms with E-state index >= 15 is 0 Å². The molecule has 0 saturated heterocycles. The fourth-order valence-electron chi connectivity index (χ4n) is 1.41. The Morgan fingerprint density at radius 3 is 1.72 bits per heavy atom. The third kappa shape index (κ3) is 2.57. The lowest BCUT2D eigenvalue weighted by atomic mass is 9.98. The van der Waals surface area contributed by atoms with Gasteiger partial charge in [0, 0.05) is 0 Å². The summed E-state index contributed by atoms with van der Waals surface area (Å²) in [6.07, 6.45) is -10.1. The summed E-state index contributed by atoms with van der Waals surface area (Å²) in [6, 6.07) is 0.212. The van der Waals surface area contributed by atoms with Crippen LogP contribution in [0.15, 0.2) is 12.1 Å². The van der Waals surface area contributed by atoms with Crippen LogP contribution in [0.2, 0.25) is 0 Å². The highest BCUT2D eigenvalue weighted by Gasteiger charge is 2.41. The molecule has 0 bridgehead atoms. The number of phenolic OH excluding ortho intramolecular Hbond substituents is 1. The Labute approximate surface area is 96.8 Å². The molecule has 8 heteroatoms. The van der Waals surface area contributed by atoms with Gasteiger partial charge in [0.2, 0.25) is 0 Å². The minimum atomic E-state index is -5.04. The van der Waals surface area contributed by atoms with E-state index in [0.29, 0.717) is 6.92 Å². The van der Waals surface area contributed by atoms with Gasteiger partial charge in [0.25, 0.3) is 0 Å². The molecular formula is C10H6F6O2. The maximum atomic E-state index is 12.5. The molecule has 0 heterocycles. The van der Waals surface area contributed by atoms with Crippen LogP contribution >= 0.6 is 0 Å². The summed E-state index contributed by atoms with van der Waals surface area (Å²) in [5, 5.41) is 9.20. The number of rotatable bonds is 1. The van der Waals surface area contributed by atoms with E-state index in [2.05, 4.69) is 0 Å². The molecule has 0 fully saturated rings. The molecule has 0 unspecified atom stereocenters. The summed E-state index contributed by atoms with van der Waals surface area (Å²) < 4.78 is 74.5. The van der Waals surface area contributed by atoms with Crippen molar-refractivity contribution in [2.24, 2.45) is 0 Å². The van der Waals surface area contributed by atoms with Crippen LogP contribution in [0, 0.1) is 0 Å². The van der Waals surface area contributed by atoms with Gasteiger partial charge in [0.15, 0.2) is 5.78 Å². The minimum Gasteiger partial charge on any atom is -0.507 e. The molecule has 18 heavy (non-hydrogen) atoms. The van der Waals surface area contributed by atoms with Crippen LogP contribution in [-0.2, 0) is 12.4 Å². The number of alkyl halides is 6. The average molecular weight is 272 g/mol. The monoisotopic (exact) mass is 272 g/mol. The van der Waals surface area contributed by atoms with Gasteiger partial charge in [-0.25, -0.2) is 0 Å². The molecule has 1 aromatic carbocycles. The highest BCUT2D eigenvalue weighted by atomic mass is 19.4. The Morgan fingerprint density at radius 1 is 1.00 bits per heavy atom. The standard InChI is InChI=1S/C10H6F6O2/c1-4(17)7-5(9(11,12)13)2-3-6(8(7)18)10(14,15)16/h2-3,18H,1H3. The second kappa shape index (κ2) is 4.18. The van der Waals surface area contributed by atoms with Gasteiger partial charge in [-0.3, -0.25) is 4.79 Å². The van der Waals surface area contributed by atoms with E-state index in [1.54, 1.807) is 0 Å². The Bertz CT molecular complexity index is 486. The van der Waals surface area contributed by atoms with Gasteiger partial charge in [-0.15, -0.1) is 0 Å². The summed E-state index contributed by atoms with van der Waals surface area (Å²) in [7, 11) is 0. The minimum absolute atomic E-state index is 0.0879. The number of benzene rings is 1. The van der Waals surface area contributed by atoms with E-state index in [-0.39, 0.29) is 12.1 Å². The fraction of sp³-hybridized carbons (Fsp3) is 0.300. The number of phenols is 1. The van der Waals surface area contributed by atoms with Crippen molar-refractivity contribution in [2.45, 2.75) is 19.3 Å². The predicted octanol–water partition coefficient (Wildman–Crippen LogP) is 3.63. The van der Waals surface area contributed by atoms with Crippen molar-refractivity contribution in [2.75, 3.05) is 0 Å². The third-order valence-corrected chi connectivity index (χ3v) is 2.14. The van der Waals surface area contributed by atoms with Crippen molar-refractivity contribution in [1.82, 2.24) is 0 Å². The molecule has 0 aliphatic heterocycles. The molecule has 100 valence electrons. The number of Topliss-reactive ketones (excluding diaryl/α,β-unsaturated/α-hetero) is 1. The van der Waals surface area contributed by atoms with Crippen molar-refractivity contribution in [3.05, 3.63) is 28.8 Å². The van der Waals surface area contributed by atoms with Crippen LogP contribution in [0.1, 0.15) is 28.4 Å². The van der Waals surface area contributed by atoms with Crippen LogP contribution in [-0.4, -0.2) is 10.9 Å². The topological polar surface area (TPSA) is 37.3 Å². The molecule has 0 aromatic heterocycles. The van der Waals surface area contributed by atoms with Crippen LogP contribution in [0.5, 0.6) is 5.75 Å². The molecule has 1 N–H and O–H groups in total. The lowest BCUT2D eigenvalue weighted by molar-refractivity contribution is -0.142. The third-order valence-electron chi connectivity index (χ3n) is 2.14. The van der Waals surface area contributed by atoms with Crippen LogP contribution in [0.4, 0.5) is 26.3 Å². The van der Waals surface area contributed by atoms with Gasteiger partial charge < -0.3 is 5.11 Å². The van der Waals surface area contributed by atoms with Gasteiger partial charge in [-0.2, -0.15) is 26.3 Å². The lowest BCUT2D eigenvalue weighted by Crippen LogP contribution is -2.15. The van der Waals surface area contributed by atoms with Crippen LogP contribution in [0.25, 0.3) is 0 Å². The molecule has 2 nitrogen and oxygen atoms in total. The molecule has 1 rings (SSSR count). The first-order valence-corrected chi connectivity index (χ1v) is 4.47. The molecule has 0 atom stereocenters. The Morgan fingerprint density at radius 2 is 1.39 bits per heavy atom. The molecule has 0 radical (unpaired) electrons. The quantitative estimate of drug-likeness (QED) is 0.626. The predicted molar refractivity (Wildman–Crippen MR) is 48.1 cm³/mol. The molecule has 0 aliphatic rings. The zero-order valence-electron chi connectivity index (χ0n) is 8.78. The zero-order chi connectivity index (χ0) is 14.3. The van der Waals surface area contributed by atoms with E-state index in [9.17, 15) is 36.2 Å². The number of ketones is 1. The van der Waals surface area contributed by atoms with Gasteiger partial charge in [0.05, 0.1) is 16.7 Å². The number of hydrogen-bond donors (Lipinski definition) is 1. The number of aromatic hydroxyl groups is 1. The van der Waals surface area contributed by atoms with Crippen molar-refractivity contribution < 1.29 is 36.2 Å². The van der Waals surface area contributed by atoms with Gasteiger partial charge in [-0.1, -0.05) is 0 Å². The van der Waals surface area contributed by atoms with Gasteiger partial charge in [0.1, 0.15) is 5.75 Å². The highest BCUT2D eigenvalue weighted by molar-refractivity contribution is 5.99. The van der Waals surface area contributed by atoms with E-state index in [1.807, 2.05) is 0 Å². The van der Waals surface area contributed by atoms with Gasteiger partial charge >= 0.3 is 12.4 Å². The zero-order valence-corrected chi connectivity index (χ0v) is 8.78. The van der Waals surface area contributed by atoms with E-state index in [4.69, 9.17) is 0 Å². The Kier molecular flexibility index (Phi) is 3.33. The molecule has 1 aromatic rings. The smallest absolute Gasteiger partial charge is 0.419 e. The normalized spacial score (nSPS) is 12.6.